The summed E-state index contributed by atoms with van der Waals surface area (Å²) >= 11 is 0. The topological polar surface area (TPSA) is 38.3 Å². The summed E-state index contributed by atoms with van der Waals surface area (Å²) in [6.07, 6.45) is 19.6. The van der Waals surface area contributed by atoms with Crippen LogP contribution in [0.2, 0.25) is 0 Å². The first kappa shape index (κ1) is 19.4. The minimum absolute atomic E-state index is 0.573. The number of amides is 1. The smallest absolute Gasteiger partial charge is 0.230 e. The van der Waals surface area contributed by atoms with E-state index in [1.54, 1.807) is 0 Å². The average Bonchev–Trinajstić information content (AvgIpc) is 2.47. The van der Waals surface area contributed by atoms with Gasteiger partial charge in [-0.15, -0.1) is 0 Å². The normalized spacial score (nSPS) is 10.7. The Morgan fingerprint density at radius 3 is 1.50 bits per heavy atom. The van der Waals surface area contributed by atoms with Crippen LogP contribution in [0.15, 0.2) is 0 Å². The van der Waals surface area contributed by atoms with Crippen LogP contribution in [-0.2, 0) is 9.63 Å². The van der Waals surface area contributed by atoms with Crippen molar-refractivity contribution in [2.24, 2.45) is 0 Å². The second-order valence-electron chi connectivity index (χ2n) is 5.68. The quantitative estimate of drug-likeness (QED) is 0.228. The Morgan fingerprint density at radius 2 is 1.10 bits per heavy atom. The summed E-state index contributed by atoms with van der Waals surface area (Å²) in [5, 5.41) is 0. The van der Waals surface area contributed by atoms with Gasteiger partial charge in [-0.1, -0.05) is 90.4 Å². The van der Waals surface area contributed by atoms with Crippen LogP contribution < -0.4 is 5.48 Å². The Morgan fingerprint density at radius 1 is 0.700 bits per heavy atom. The molecule has 0 radical (unpaired) electrons. The van der Waals surface area contributed by atoms with Gasteiger partial charge in [0.25, 0.3) is 0 Å². The van der Waals surface area contributed by atoms with Crippen molar-refractivity contribution < 1.29 is 9.63 Å². The van der Waals surface area contributed by atoms with Crippen molar-refractivity contribution in [1.29, 1.82) is 0 Å². The van der Waals surface area contributed by atoms with Gasteiger partial charge in [0.15, 0.2) is 0 Å². The fraction of sp³-hybridized carbons (Fsp3) is 0.941. The van der Waals surface area contributed by atoms with Gasteiger partial charge in [0.1, 0.15) is 0 Å². The highest BCUT2D eigenvalue weighted by Gasteiger charge is 1.94. The lowest BCUT2D eigenvalue weighted by Gasteiger charge is -2.03. The third-order valence-corrected chi connectivity index (χ3v) is 3.73. The molecule has 0 aliphatic rings. The molecule has 0 heterocycles. The number of hydrogen-bond acceptors (Lipinski definition) is 2. The van der Waals surface area contributed by atoms with E-state index in [4.69, 9.17) is 4.84 Å². The van der Waals surface area contributed by atoms with Gasteiger partial charge < -0.3 is 0 Å². The van der Waals surface area contributed by atoms with Gasteiger partial charge in [0.05, 0.1) is 6.61 Å². The fourth-order valence-electron chi connectivity index (χ4n) is 2.46. The number of unbranched alkanes of at least 4 members (excludes halogenated alkanes) is 13. The molecule has 0 aromatic carbocycles. The van der Waals surface area contributed by atoms with E-state index in [-0.39, 0.29) is 0 Å². The standard InChI is InChI=1S/C17H35NO2/c1-2-3-4-5-6-7-8-9-10-11-12-13-14-15-16-20-18-17-19/h17H,2-16H2,1H3,(H,18,19). The third-order valence-electron chi connectivity index (χ3n) is 3.73. The predicted molar refractivity (Wildman–Crippen MR) is 85.5 cm³/mol. The molecule has 3 heteroatoms. The van der Waals surface area contributed by atoms with Crippen LogP contribution in [-0.4, -0.2) is 13.0 Å². The van der Waals surface area contributed by atoms with Crippen LogP contribution in [0.1, 0.15) is 96.8 Å². The van der Waals surface area contributed by atoms with Crippen LogP contribution in [0.5, 0.6) is 0 Å². The molecule has 120 valence electrons. The summed E-state index contributed by atoms with van der Waals surface area (Å²) in [6.45, 7) is 2.91. The molecule has 0 fully saturated rings. The molecule has 0 aromatic heterocycles. The van der Waals surface area contributed by atoms with Crippen molar-refractivity contribution in [2.45, 2.75) is 96.8 Å². The maximum Gasteiger partial charge on any atom is 0.230 e. The zero-order valence-electron chi connectivity index (χ0n) is 13.5. The van der Waals surface area contributed by atoms with Gasteiger partial charge in [-0.25, -0.2) is 5.48 Å². The lowest BCUT2D eigenvalue weighted by atomic mass is 10.0. The average molecular weight is 285 g/mol. The number of hydroxylamine groups is 1. The predicted octanol–water partition coefficient (Wildman–Crippen LogP) is 5.15. The Labute approximate surface area is 125 Å². The third kappa shape index (κ3) is 17.4. The fourth-order valence-corrected chi connectivity index (χ4v) is 2.46. The Bertz CT molecular complexity index is 186. The number of hydrogen-bond donors (Lipinski definition) is 1. The molecule has 0 saturated heterocycles. The largest absolute Gasteiger partial charge is 0.277 e. The Balaban J connectivity index is 2.90. The highest BCUT2D eigenvalue weighted by molar-refractivity contribution is 5.43. The van der Waals surface area contributed by atoms with Gasteiger partial charge in [0.2, 0.25) is 6.41 Å². The van der Waals surface area contributed by atoms with Gasteiger partial charge >= 0.3 is 0 Å². The van der Waals surface area contributed by atoms with E-state index in [2.05, 4.69) is 12.4 Å². The molecule has 0 unspecified atom stereocenters. The first-order valence-corrected chi connectivity index (χ1v) is 8.72. The number of rotatable bonds is 17. The maximum absolute atomic E-state index is 9.92. The van der Waals surface area contributed by atoms with E-state index in [0.29, 0.717) is 13.0 Å². The van der Waals surface area contributed by atoms with E-state index in [1.165, 1.54) is 83.5 Å². The molecule has 20 heavy (non-hydrogen) atoms. The van der Waals surface area contributed by atoms with Gasteiger partial charge in [0, 0.05) is 0 Å². The summed E-state index contributed by atoms with van der Waals surface area (Å²) in [6, 6.07) is 0. The van der Waals surface area contributed by atoms with Crippen molar-refractivity contribution >= 4 is 6.41 Å². The molecule has 3 nitrogen and oxygen atoms in total. The summed E-state index contributed by atoms with van der Waals surface area (Å²) in [7, 11) is 0. The van der Waals surface area contributed by atoms with Crippen molar-refractivity contribution in [3.8, 4) is 0 Å². The molecule has 0 bridgehead atoms. The SMILES string of the molecule is CCCCCCCCCCCCCCCCONC=O. The van der Waals surface area contributed by atoms with E-state index in [9.17, 15) is 4.79 Å². The minimum Gasteiger partial charge on any atom is -0.277 e. The second kappa shape index (κ2) is 18.4. The summed E-state index contributed by atoms with van der Waals surface area (Å²) in [5.74, 6) is 0. The van der Waals surface area contributed by atoms with Gasteiger partial charge in [-0.2, -0.15) is 0 Å². The molecule has 0 saturated carbocycles. The number of carbonyl (C=O) groups is 1. The molecular formula is C17H35NO2. The van der Waals surface area contributed by atoms with Gasteiger partial charge in [-0.05, 0) is 6.42 Å². The molecule has 0 aliphatic carbocycles. The van der Waals surface area contributed by atoms with E-state index in [1.807, 2.05) is 0 Å². The molecule has 0 atom stereocenters. The van der Waals surface area contributed by atoms with Crippen LogP contribution in [0.25, 0.3) is 0 Å². The molecule has 0 rings (SSSR count). The first-order chi connectivity index (χ1) is 9.91. The monoisotopic (exact) mass is 285 g/mol. The van der Waals surface area contributed by atoms with Crippen molar-refractivity contribution in [3.63, 3.8) is 0 Å². The van der Waals surface area contributed by atoms with Gasteiger partial charge in [-0.3, -0.25) is 9.63 Å². The molecule has 0 spiro atoms. The molecule has 0 aromatic rings. The van der Waals surface area contributed by atoms with E-state index >= 15 is 0 Å². The zero-order chi connectivity index (χ0) is 14.7. The zero-order valence-corrected chi connectivity index (χ0v) is 13.5. The lowest BCUT2D eigenvalue weighted by Crippen LogP contribution is -2.12. The first-order valence-electron chi connectivity index (χ1n) is 8.72. The summed E-state index contributed by atoms with van der Waals surface area (Å²) in [4.78, 5) is 14.8. The Kier molecular flexibility index (Phi) is 17.9. The number of nitrogens with one attached hydrogen (secondary N) is 1. The van der Waals surface area contributed by atoms with Crippen molar-refractivity contribution in [1.82, 2.24) is 5.48 Å². The molecular weight excluding hydrogens is 250 g/mol. The van der Waals surface area contributed by atoms with Crippen molar-refractivity contribution in [2.75, 3.05) is 6.61 Å². The lowest BCUT2D eigenvalue weighted by molar-refractivity contribution is -0.120. The highest BCUT2D eigenvalue weighted by Crippen LogP contribution is 2.12. The highest BCUT2D eigenvalue weighted by atomic mass is 16.6. The van der Waals surface area contributed by atoms with E-state index < -0.39 is 0 Å². The summed E-state index contributed by atoms with van der Waals surface area (Å²) in [5.41, 5.74) is 2.21. The molecule has 1 amide bonds. The second-order valence-corrected chi connectivity index (χ2v) is 5.68. The number of carbonyl (C=O) groups excluding carboxylic acids is 1. The Hall–Kier alpha value is -0.570. The minimum atomic E-state index is 0.573. The van der Waals surface area contributed by atoms with E-state index in [0.717, 1.165) is 6.42 Å². The maximum atomic E-state index is 9.92. The van der Waals surface area contributed by atoms with Crippen molar-refractivity contribution in [3.05, 3.63) is 0 Å². The molecule has 0 aliphatic heterocycles. The van der Waals surface area contributed by atoms with Crippen LogP contribution >= 0.6 is 0 Å². The summed E-state index contributed by atoms with van der Waals surface area (Å²) < 4.78 is 0. The van der Waals surface area contributed by atoms with Crippen LogP contribution in [0.4, 0.5) is 0 Å². The molecule has 1 N–H and O–H groups in total. The van der Waals surface area contributed by atoms with Crippen LogP contribution in [0.3, 0.4) is 0 Å². The van der Waals surface area contributed by atoms with Crippen LogP contribution in [0, 0.1) is 0 Å².